The summed E-state index contributed by atoms with van der Waals surface area (Å²) in [7, 11) is 1.66. The zero-order chi connectivity index (χ0) is 34.1. The maximum atomic E-state index is 11.6. The van der Waals surface area contributed by atoms with Gasteiger partial charge in [0.1, 0.15) is 23.6 Å². The summed E-state index contributed by atoms with van der Waals surface area (Å²) in [5.41, 5.74) is 1.04. The lowest BCUT2D eigenvalue weighted by Gasteiger charge is -2.50. The number of hydrogen-bond donors (Lipinski definition) is 2. The van der Waals surface area contributed by atoms with Crippen LogP contribution in [0, 0.1) is 5.92 Å². The van der Waals surface area contributed by atoms with Crippen LogP contribution in [0.2, 0.25) is 0 Å². The van der Waals surface area contributed by atoms with Crippen molar-refractivity contribution in [2.75, 3.05) is 20.3 Å². The summed E-state index contributed by atoms with van der Waals surface area (Å²) in [5, 5.41) is 22.7. The fourth-order valence-corrected chi connectivity index (χ4v) is 8.60. The van der Waals surface area contributed by atoms with Crippen molar-refractivity contribution in [1.29, 1.82) is 0 Å². The number of aliphatic hydroxyl groups is 2. The molecule has 5 aliphatic heterocycles. The van der Waals surface area contributed by atoms with E-state index in [4.69, 9.17) is 37.9 Å². The smallest absolute Gasteiger partial charge is 0.200 e. The Morgan fingerprint density at radius 2 is 1.61 bits per heavy atom. The molecule has 7 rings (SSSR count). The molecule has 0 aromatic heterocycles. The summed E-state index contributed by atoms with van der Waals surface area (Å²) in [6, 6.07) is 17.9. The Morgan fingerprint density at radius 1 is 0.837 bits per heavy atom. The molecule has 0 radical (unpaired) electrons. The highest BCUT2D eigenvalue weighted by Gasteiger charge is 2.64. The first kappa shape index (κ1) is 35.3. The van der Waals surface area contributed by atoms with Crippen LogP contribution in [-0.2, 0) is 46.4 Å². The van der Waals surface area contributed by atoms with Gasteiger partial charge in [0.05, 0.1) is 45.2 Å². The van der Waals surface area contributed by atoms with Gasteiger partial charge in [0.2, 0.25) is 5.79 Å². The number of aliphatic hydroxyl groups excluding tert-OH is 1. The predicted molar refractivity (Wildman–Crippen MR) is 179 cm³/mol. The molecule has 49 heavy (non-hydrogen) atoms. The Morgan fingerprint density at radius 3 is 2.41 bits per heavy atom. The molecule has 2 aromatic rings. The highest BCUT2D eigenvalue weighted by molar-refractivity contribution is 5.26. The standard InChI is InChI=1S/C39H54O10/c1-27-22-38(47-33(35(48-38)34(27)40)26-44-25-28-8-5-4-6-9-28)23-32-10-7-17-37(45-32)19-20-39(49-37)36(2,41)18-15-31(46-39)16-21-43-24-29-11-13-30(42-3)14-12-29/h4-6,8-9,11-14,27,31-35,40-41H,7,10,15-26H2,1-3H3/t27-,31+,32-,33+,34-,35+,36-,37+,38-,39-/m0/s1. The van der Waals surface area contributed by atoms with Crippen LogP contribution >= 0.6 is 0 Å². The van der Waals surface area contributed by atoms with Gasteiger partial charge in [0, 0.05) is 38.7 Å². The fourth-order valence-electron chi connectivity index (χ4n) is 8.60. The molecule has 5 fully saturated rings. The third-order valence-corrected chi connectivity index (χ3v) is 11.4. The summed E-state index contributed by atoms with van der Waals surface area (Å²) < 4.78 is 50.8. The summed E-state index contributed by atoms with van der Waals surface area (Å²) in [5.74, 6) is -1.99. The van der Waals surface area contributed by atoms with E-state index in [0.717, 1.165) is 42.6 Å². The third-order valence-electron chi connectivity index (χ3n) is 11.4. The van der Waals surface area contributed by atoms with Crippen LogP contribution < -0.4 is 4.74 Å². The van der Waals surface area contributed by atoms with Gasteiger partial charge in [-0.05, 0) is 68.2 Å². The van der Waals surface area contributed by atoms with Crippen LogP contribution in [0.15, 0.2) is 54.6 Å². The van der Waals surface area contributed by atoms with Crippen LogP contribution in [0.25, 0.3) is 0 Å². The van der Waals surface area contributed by atoms with Crippen LogP contribution in [0.5, 0.6) is 5.75 Å². The van der Waals surface area contributed by atoms with Crippen molar-refractivity contribution in [2.45, 2.75) is 145 Å². The maximum Gasteiger partial charge on any atom is 0.200 e. The van der Waals surface area contributed by atoms with E-state index in [1.807, 2.05) is 61.5 Å². The van der Waals surface area contributed by atoms with Gasteiger partial charge in [-0.3, -0.25) is 0 Å². The fraction of sp³-hybridized carbons (Fsp3) is 0.692. The Kier molecular flexibility index (Phi) is 10.4. The van der Waals surface area contributed by atoms with Crippen molar-refractivity contribution in [3.05, 3.63) is 65.7 Å². The molecule has 5 heterocycles. The predicted octanol–water partition coefficient (Wildman–Crippen LogP) is 5.79. The number of methoxy groups -OCH3 is 1. The monoisotopic (exact) mass is 682 g/mol. The quantitative estimate of drug-likeness (QED) is 0.267. The zero-order valence-electron chi connectivity index (χ0n) is 29.2. The molecule has 10 nitrogen and oxygen atoms in total. The average molecular weight is 683 g/mol. The highest BCUT2D eigenvalue weighted by Crippen LogP contribution is 2.55. The van der Waals surface area contributed by atoms with E-state index < -0.39 is 35.2 Å². The number of hydrogen-bond acceptors (Lipinski definition) is 10. The zero-order valence-corrected chi connectivity index (χ0v) is 29.2. The lowest BCUT2D eigenvalue weighted by molar-refractivity contribution is -0.404. The summed E-state index contributed by atoms with van der Waals surface area (Å²) in [6.07, 6.45) is 5.18. The summed E-state index contributed by atoms with van der Waals surface area (Å²) >= 11 is 0. The van der Waals surface area contributed by atoms with Crippen LogP contribution in [-0.4, -0.2) is 84.0 Å². The first-order chi connectivity index (χ1) is 23.6. The highest BCUT2D eigenvalue weighted by atomic mass is 16.8. The van der Waals surface area contributed by atoms with Crippen LogP contribution in [0.1, 0.15) is 89.2 Å². The van der Waals surface area contributed by atoms with Gasteiger partial charge in [-0.25, -0.2) is 0 Å². The van der Waals surface area contributed by atoms with E-state index in [9.17, 15) is 10.2 Å². The molecule has 270 valence electrons. The third kappa shape index (κ3) is 7.59. The van der Waals surface area contributed by atoms with Gasteiger partial charge >= 0.3 is 0 Å². The Bertz CT molecular complexity index is 1370. The minimum Gasteiger partial charge on any atom is -0.497 e. The SMILES string of the molecule is COc1ccc(COCC[C@H]2CC[C@](C)(O)[C@@]3(CC[C@@]4(CCC[C@@H](C[C@]56C[C@H](C)[C@H](O)[C@H](O5)[C@@H](COCc5ccccc5)O6)O4)O3)O2)cc1. The minimum atomic E-state index is -1.14. The van der Waals surface area contributed by atoms with Gasteiger partial charge in [-0.1, -0.05) is 49.4 Å². The van der Waals surface area contributed by atoms with Crippen molar-refractivity contribution < 1.29 is 48.1 Å². The molecular weight excluding hydrogens is 628 g/mol. The van der Waals surface area contributed by atoms with Gasteiger partial charge in [0.25, 0.3) is 0 Å². The van der Waals surface area contributed by atoms with Crippen molar-refractivity contribution >= 4 is 0 Å². The minimum absolute atomic E-state index is 0.0179. The van der Waals surface area contributed by atoms with Crippen molar-refractivity contribution in [1.82, 2.24) is 0 Å². The van der Waals surface area contributed by atoms with Gasteiger partial charge in [-0.15, -0.1) is 0 Å². The van der Waals surface area contributed by atoms with E-state index in [2.05, 4.69) is 6.92 Å². The molecule has 0 amide bonds. The largest absolute Gasteiger partial charge is 0.497 e. The normalized spacial score (nSPS) is 40.3. The molecule has 2 aromatic carbocycles. The molecule has 10 heteroatoms. The molecule has 2 bridgehead atoms. The first-order valence-corrected chi connectivity index (χ1v) is 18.3. The Balaban J connectivity index is 0.946. The van der Waals surface area contributed by atoms with Crippen LogP contribution in [0.3, 0.4) is 0 Å². The van der Waals surface area contributed by atoms with Gasteiger partial charge in [0.15, 0.2) is 11.6 Å². The average Bonchev–Trinajstić information content (AvgIpc) is 3.60. The molecule has 0 aliphatic carbocycles. The second kappa shape index (κ2) is 14.5. The Hall–Kier alpha value is -2.12. The molecule has 2 spiro atoms. The van der Waals surface area contributed by atoms with Crippen molar-refractivity contribution in [3.8, 4) is 5.75 Å². The van der Waals surface area contributed by atoms with Crippen molar-refractivity contribution in [3.63, 3.8) is 0 Å². The molecular formula is C39H54O10. The first-order valence-electron chi connectivity index (χ1n) is 18.3. The summed E-state index contributed by atoms with van der Waals surface area (Å²) in [4.78, 5) is 0. The lowest BCUT2D eigenvalue weighted by Crippen LogP contribution is -2.60. The number of ether oxygens (including phenoxy) is 8. The van der Waals surface area contributed by atoms with E-state index >= 15 is 0 Å². The Labute approximate surface area is 290 Å². The molecule has 0 saturated carbocycles. The number of fused-ring (bicyclic) bond motifs is 2. The second-order valence-corrected chi connectivity index (χ2v) is 15.2. The van der Waals surface area contributed by atoms with E-state index in [1.165, 1.54) is 0 Å². The molecule has 5 aliphatic rings. The maximum absolute atomic E-state index is 11.6. The topological polar surface area (TPSA) is 114 Å². The molecule has 5 saturated heterocycles. The van der Waals surface area contributed by atoms with Gasteiger partial charge in [-0.2, -0.15) is 0 Å². The van der Waals surface area contributed by atoms with Crippen molar-refractivity contribution in [2.24, 2.45) is 5.92 Å². The van der Waals surface area contributed by atoms with E-state index in [-0.39, 0.29) is 24.2 Å². The summed E-state index contributed by atoms with van der Waals surface area (Å²) in [6.45, 7) is 5.77. The number of rotatable bonds is 12. The molecule has 2 N–H and O–H groups in total. The van der Waals surface area contributed by atoms with Gasteiger partial charge < -0.3 is 48.1 Å². The second-order valence-electron chi connectivity index (χ2n) is 15.2. The lowest BCUT2D eigenvalue weighted by atomic mass is 9.83. The van der Waals surface area contributed by atoms with E-state index in [1.54, 1.807) is 7.11 Å². The number of benzene rings is 2. The molecule has 10 atom stereocenters. The molecule has 0 unspecified atom stereocenters. The van der Waals surface area contributed by atoms with Crippen LogP contribution in [0.4, 0.5) is 0 Å². The van der Waals surface area contributed by atoms with E-state index in [0.29, 0.717) is 65.0 Å².